The number of nitrogens with zero attached hydrogens (tertiary/aromatic N) is 3. The molecule has 1 amide bonds. The molecule has 1 aromatic heterocycles. The van der Waals surface area contributed by atoms with E-state index >= 15 is 0 Å². The first-order valence-electron chi connectivity index (χ1n) is 9.88. The van der Waals surface area contributed by atoms with Gasteiger partial charge in [-0.15, -0.1) is 0 Å². The summed E-state index contributed by atoms with van der Waals surface area (Å²) in [6.45, 7) is 7.03. The zero-order valence-corrected chi connectivity index (χ0v) is 16.6. The maximum absolute atomic E-state index is 12.6. The molecule has 0 radical (unpaired) electrons. The van der Waals surface area contributed by atoms with Crippen molar-refractivity contribution in [2.45, 2.75) is 45.4 Å². The molecule has 0 spiro atoms. The monoisotopic (exact) mass is 375 g/mol. The quantitative estimate of drug-likeness (QED) is 0.633. The van der Waals surface area contributed by atoms with Crippen molar-refractivity contribution in [3.05, 3.63) is 65.5 Å². The van der Waals surface area contributed by atoms with Gasteiger partial charge in [-0.2, -0.15) is 4.98 Å². The highest BCUT2D eigenvalue weighted by molar-refractivity contribution is 5.96. The van der Waals surface area contributed by atoms with Crippen LogP contribution in [0, 0.1) is 0 Å². The molecule has 1 saturated heterocycles. The number of carbonyl (C=O) groups excluding carboxylic acids is 1. The summed E-state index contributed by atoms with van der Waals surface area (Å²) in [6.07, 6.45) is 1.40. The number of benzene rings is 2. The van der Waals surface area contributed by atoms with Crippen LogP contribution in [-0.2, 0) is 11.2 Å². The lowest BCUT2D eigenvalue weighted by Gasteiger charge is -2.17. The first kappa shape index (κ1) is 18.4. The van der Waals surface area contributed by atoms with Crippen LogP contribution >= 0.6 is 0 Å². The maximum atomic E-state index is 12.6. The normalized spacial score (nSPS) is 16.9. The van der Waals surface area contributed by atoms with Crippen molar-refractivity contribution in [2.24, 2.45) is 0 Å². The fourth-order valence-corrected chi connectivity index (χ4v) is 3.57. The molecular formula is C23H25N3O2. The first-order chi connectivity index (χ1) is 13.5. The molecule has 5 heteroatoms. The molecule has 0 saturated carbocycles. The van der Waals surface area contributed by atoms with Gasteiger partial charge in [-0.1, -0.05) is 50.2 Å². The molecule has 1 fully saturated rings. The highest BCUT2D eigenvalue weighted by atomic mass is 16.5. The van der Waals surface area contributed by atoms with E-state index in [4.69, 9.17) is 4.52 Å². The van der Waals surface area contributed by atoms with E-state index < -0.39 is 0 Å². The molecule has 1 aliphatic rings. The van der Waals surface area contributed by atoms with Crippen LogP contribution in [0.25, 0.3) is 11.5 Å². The van der Waals surface area contributed by atoms with E-state index in [1.807, 2.05) is 29.2 Å². The second kappa shape index (κ2) is 7.58. The van der Waals surface area contributed by atoms with Gasteiger partial charge in [0.1, 0.15) is 0 Å². The highest BCUT2D eigenvalue weighted by Gasteiger charge is 2.34. The molecule has 28 heavy (non-hydrogen) atoms. The molecule has 5 nitrogen and oxygen atoms in total. The van der Waals surface area contributed by atoms with E-state index in [0.717, 1.165) is 17.7 Å². The molecule has 0 bridgehead atoms. The lowest BCUT2D eigenvalue weighted by Crippen LogP contribution is -2.24. The average Bonchev–Trinajstić information content (AvgIpc) is 3.35. The molecule has 144 valence electrons. The summed E-state index contributed by atoms with van der Waals surface area (Å²) >= 11 is 0. The van der Waals surface area contributed by atoms with Crippen LogP contribution in [0.4, 0.5) is 5.69 Å². The second-order valence-electron chi connectivity index (χ2n) is 7.66. The average molecular weight is 375 g/mol. The Morgan fingerprint density at radius 1 is 1.11 bits per heavy atom. The van der Waals surface area contributed by atoms with E-state index in [9.17, 15) is 4.79 Å². The number of carbonyl (C=O) groups is 1. The lowest BCUT2D eigenvalue weighted by atomic mass is 10.0. The fourth-order valence-electron chi connectivity index (χ4n) is 3.57. The zero-order valence-electron chi connectivity index (χ0n) is 16.6. The second-order valence-corrected chi connectivity index (χ2v) is 7.66. The van der Waals surface area contributed by atoms with Gasteiger partial charge in [0.2, 0.25) is 5.91 Å². The Morgan fingerprint density at radius 3 is 2.46 bits per heavy atom. The molecule has 1 aliphatic heterocycles. The van der Waals surface area contributed by atoms with Crippen molar-refractivity contribution in [3.8, 4) is 11.5 Å². The third-order valence-electron chi connectivity index (χ3n) is 5.41. The minimum Gasteiger partial charge on any atom is -0.334 e. The minimum absolute atomic E-state index is 0.0512. The minimum atomic E-state index is -0.0512. The molecule has 3 aromatic rings. The Morgan fingerprint density at radius 2 is 1.82 bits per heavy atom. The van der Waals surface area contributed by atoms with Crippen molar-refractivity contribution < 1.29 is 9.32 Å². The van der Waals surface area contributed by atoms with E-state index in [0.29, 0.717) is 30.6 Å². The predicted octanol–water partition coefficient (Wildman–Crippen LogP) is 4.94. The number of aryl methyl sites for hydroxylation is 1. The van der Waals surface area contributed by atoms with Gasteiger partial charge in [0, 0.05) is 30.1 Å². The Hall–Kier alpha value is -2.95. The molecule has 0 aliphatic carbocycles. The molecule has 4 rings (SSSR count). The number of hydrogen-bond donors (Lipinski definition) is 0. The summed E-state index contributed by atoms with van der Waals surface area (Å²) in [5.74, 6) is 1.62. The number of anilines is 1. The summed E-state index contributed by atoms with van der Waals surface area (Å²) in [6, 6.07) is 16.4. The van der Waals surface area contributed by atoms with E-state index in [1.165, 1.54) is 11.1 Å². The Balaban J connectivity index is 1.50. The van der Waals surface area contributed by atoms with Gasteiger partial charge in [-0.05, 0) is 47.7 Å². The van der Waals surface area contributed by atoms with Crippen LogP contribution in [0.15, 0.2) is 53.1 Å². The topological polar surface area (TPSA) is 59.2 Å². The van der Waals surface area contributed by atoms with E-state index in [1.54, 1.807) is 0 Å². The summed E-state index contributed by atoms with van der Waals surface area (Å²) in [7, 11) is 0. The Kier molecular flexibility index (Phi) is 4.99. The van der Waals surface area contributed by atoms with Crippen molar-refractivity contribution in [1.82, 2.24) is 10.1 Å². The molecule has 2 aromatic carbocycles. The Bertz CT molecular complexity index is 958. The summed E-state index contributed by atoms with van der Waals surface area (Å²) in [5, 5.41) is 4.15. The van der Waals surface area contributed by atoms with Crippen LogP contribution in [0.5, 0.6) is 0 Å². The standard InChI is InChI=1S/C23H25N3O2/c1-4-16-5-7-18(8-6-16)23-24-22(25-28-23)19-13-21(27)26(14-19)20-11-9-17(10-12-20)15(2)3/h5-12,15,19H,4,13-14H2,1-3H3. The van der Waals surface area contributed by atoms with Crippen LogP contribution < -0.4 is 4.90 Å². The molecular weight excluding hydrogens is 350 g/mol. The van der Waals surface area contributed by atoms with Gasteiger partial charge in [0.15, 0.2) is 5.82 Å². The zero-order chi connectivity index (χ0) is 19.7. The number of rotatable bonds is 5. The van der Waals surface area contributed by atoms with Gasteiger partial charge in [0.25, 0.3) is 5.89 Å². The van der Waals surface area contributed by atoms with Crippen molar-refractivity contribution >= 4 is 11.6 Å². The van der Waals surface area contributed by atoms with Crippen LogP contribution in [0.3, 0.4) is 0 Å². The highest BCUT2D eigenvalue weighted by Crippen LogP contribution is 2.32. The van der Waals surface area contributed by atoms with Gasteiger partial charge >= 0.3 is 0 Å². The third-order valence-corrected chi connectivity index (χ3v) is 5.41. The molecule has 1 unspecified atom stereocenters. The largest absolute Gasteiger partial charge is 0.334 e. The van der Waals surface area contributed by atoms with Gasteiger partial charge in [0.05, 0.1) is 0 Å². The van der Waals surface area contributed by atoms with E-state index in [-0.39, 0.29) is 11.8 Å². The smallest absolute Gasteiger partial charge is 0.257 e. The van der Waals surface area contributed by atoms with Gasteiger partial charge < -0.3 is 9.42 Å². The number of hydrogen-bond acceptors (Lipinski definition) is 4. The fraction of sp³-hybridized carbons (Fsp3) is 0.348. The van der Waals surface area contributed by atoms with Crippen LogP contribution in [0.1, 0.15) is 56.0 Å². The summed E-state index contributed by atoms with van der Waals surface area (Å²) < 4.78 is 5.46. The van der Waals surface area contributed by atoms with Crippen molar-refractivity contribution in [2.75, 3.05) is 11.4 Å². The van der Waals surface area contributed by atoms with Crippen molar-refractivity contribution in [3.63, 3.8) is 0 Å². The van der Waals surface area contributed by atoms with Crippen LogP contribution in [0.2, 0.25) is 0 Å². The SMILES string of the molecule is CCc1ccc(-c2nc(C3CC(=O)N(c4ccc(C(C)C)cc4)C3)no2)cc1. The van der Waals surface area contributed by atoms with Crippen LogP contribution in [-0.4, -0.2) is 22.6 Å². The Labute approximate surface area is 165 Å². The summed E-state index contributed by atoms with van der Waals surface area (Å²) in [5.41, 5.74) is 4.37. The lowest BCUT2D eigenvalue weighted by molar-refractivity contribution is -0.117. The molecule has 2 heterocycles. The molecule has 0 N–H and O–H groups in total. The van der Waals surface area contributed by atoms with Gasteiger partial charge in [-0.3, -0.25) is 4.79 Å². The molecule has 1 atom stereocenters. The number of amides is 1. The first-order valence-corrected chi connectivity index (χ1v) is 9.88. The summed E-state index contributed by atoms with van der Waals surface area (Å²) in [4.78, 5) is 18.9. The van der Waals surface area contributed by atoms with Gasteiger partial charge in [-0.25, -0.2) is 0 Å². The third kappa shape index (κ3) is 3.57. The maximum Gasteiger partial charge on any atom is 0.257 e. The number of aromatic nitrogens is 2. The van der Waals surface area contributed by atoms with E-state index in [2.05, 4.69) is 55.2 Å². The predicted molar refractivity (Wildman–Crippen MR) is 109 cm³/mol. The van der Waals surface area contributed by atoms with Crippen molar-refractivity contribution in [1.29, 1.82) is 0 Å².